The molecule has 0 unspecified atom stereocenters. The molecule has 3 heterocycles. The lowest BCUT2D eigenvalue weighted by atomic mass is 10.4. The van der Waals surface area contributed by atoms with Crippen molar-refractivity contribution in [1.29, 1.82) is 0 Å². The standard InChI is InChI=1S/C11H14N8/c1-3-19-7-15-17-9(19)5-12-10-8-4-16-18(2)11(8)14-6-13-10/h4,6-7H,3,5H2,1-2H3,(H,12,13,14). The van der Waals surface area contributed by atoms with Gasteiger partial charge in [0.05, 0.1) is 18.1 Å². The second-order valence-corrected chi connectivity index (χ2v) is 4.11. The van der Waals surface area contributed by atoms with Crippen LogP contribution in [0.1, 0.15) is 12.7 Å². The fourth-order valence-corrected chi connectivity index (χ4v) is 1.95. The molecular weight excluding hydrogens is 244 g/mol. The first-order valence-corrected chi connectivity index (χ1v) is 6.03. The zero-order valence-electron chi connectivity index (χ0n) is 10.8. The fraction of sp³-hybridized carbons (Fsp3) is 0.364. The predicted octanol–water partition coefficient (Wildman–Crippen LogP) is 0.587. The van der Waals surface area contributed by atoms with Crippen LogP contribution in [-0.4, -0.2) is 34.5 Å². The Hall–Kier alpha value is -2.51. The molecule has 3 rings (SSSR count). The van der Waals surface area contributed by atoms with Gasteiger partial charge in [0.25, 0.3) is 0 Å². The number of aryl methyl sites for hydroxylation is 2. The van der Waals surface area contributed by atoms with E-state index >= 15 is 0 Å². The van der Waals surface area contributed by atoms with Crippen molar-refractivity contribution in [2.24, 2.45) is 7.05 Å². The highest BCUT2D eigenvalue weighted by Gasteiger charge is 2.08. The summed E-state index contributed by atoms with van der Waals surface area (Å²) in [7, 11) is 1.85. The molecule has 0 fully saturated rings. The third kappa shape index (κ3) is 2.01. The lowest BCUT2D eigenvalue weighted by Crippen LogP contribution is -2.08. The van der Waals surface area contributed by atoms with Crippen LogP contribution < -0.4 is 5.32 Å². The Bertz CT molecular complexity index is 698. The van der Waals surface area contributed by atoms with Crippen molar-refractivity contribution in [3.63, 3.8) is 0 Å². The van der Waals surface area contributed by atoms with E-state index in [2.05, 4.69) is 37.5 Å². The highest BCUT2D eigenvalue weighted by atomic mass is 15.3. The van der Waals surface area contributed by atoms with Crippen molar-refractivity contribution in [1.82, 2.24) is 34.5 Å². The van der Waals surface area contributed by atoms with Gasteiger partial charge >= 0.3 is 0 Å². The molecule has 0 saturated carbocycles. The molecule has 8 heteroatoms. The quantitative estimate of drug-likeness (QED) is 0.737. The van der Waals surface area contributed by atoms with Gasteiger partial charge in [-0.15, -0.1) is 10.2 Å². The van der Waals surface area contributed by atoms with Crippen LogP contribution in [-0.2, 0) is 20.1 Å². The molecule has 0 aromatic carbocycles. The molecule has 0 spiro atoms. The highest BCUT2D eigenvalue weighted by molar-refractivity contribution is 5.85. The van der Waals surface area contributed by atoms with E-state index in [9.17, 15) is 0 Å². The molecule has 3 aromatic heterocycles. The Kier molecular flexibility index (Phi) is 2.82. The molecule has 0 aliphatic heterocycles. The van der Waals surface area contributed by atoms with Gasteiger partial charge in [0.1, 0.15) is 18.5 Å². The Labute approximate surface area is 109 Å². The number of fused-ring (bicyclic) bond motifs is 1. The van der Waals surface area contributed by atoms with Gasteiger partial charge < -0.3 is 9.88 Å². The summed E-state index contributed by atoms with van der Waals surface area (Å²) in [6.07, 6.45) is 5.00. The molecule has 0 aliphatic carbocycles. The van der Waals surface area contributed by atoms with Crippen LogP contribution in [0.5, 0.6) is 0 Å². The maximum atomic E-state index is 4.24. The van der Waals surface area contributed by atoms with Crippen molar-refractivity contribution in [3.8, 4) is 0 Å². The third-order valence-electron chi connectivity index (χ3n) is 2.98. The van der Waals surface area contributed by atoms with E-state index in [0.29, 0.717) is 6.54 Å². The summed E-state index contributed by atoms with van der Waals surface area (Å²) in [5, 5.41) is 16.3. The minimum Gasteiger partial charge on any atom is -0.362 e. The molecule has 98 valence electrons. The van der Waals surface area contributed by atoms with E-state index < -0.39 is 0 Å². The number of hydrogen-bond acceptors (Lipinski definition) is 6. The van der Waals surface area contributed by atoms with E-state index in [1.54, 1.807) is 17.2 Å². The number of hydrogen-bond donors (Lipinski definition) is 1. The largest absolute Gasteiger partial charge is 0.362 e. The minimum atomic E-state index is 0.564. The molecule has 0 aliphatic rings. The Balaban J connectivity index is 1.86. The van der Waals surface area contributed by atoms with Crippen molar-refractivity contribution in [2.45, 2.75) is 20.0 Å². The highest BCUT2D eigenvalue weighted by Crippen LogP contribution is 2.18. The van der Waals surface area contributed by atoms with Crippen molar-refractivity contribution >= 4 is 16.9 Å². The monoisotopic (exact) mass is 258 g/mol. The van der Waals surface area contributed by atoms with Gasteiger partial charge in [-0.25, -0.2) is 9.97 Å². The molecule has 1 N–H and O–H groups in total. The molecule has 0 bridgehead atoms. The number of rotatable bonds is 4. The van der Waals surface area contributed by atoms with E-state index in [1.807, 2.05) is 11.6 Å². The summed E-state index contributed by atoms with van der Waals surface area (Å²) < 4.78 is 3.70. The van der Waals surface area contributed by atoms with Crippen LogP contribution in [0.2, 0.25) is 0 Å². The molecule has 0 atom stereocenters. The summed E-state index contributed by atoms with van der Waals surface area (Å²) in [6.45, 7) is 3.46. The first kappa shape index (κ1) is 11.6. The second-order valence-electron chi connectivity index (χ2n) is 4.11. The van der Waals surface area contributed by atoms with Gasteiger partial charge in [0, 0.05) is 13.6 Å². The Morgan fingerprint density at radius 1 is 1.32 bits per heavy atom. The van der Waals surface area contributed by atoms with Crippen LogP contribution in [0.25, 0.3) is 11.0 Å². The lowest BCUT2D eigenvalue weighted by Gasteiger charge is -2.06. The smallest absolute Gasteiger partial charge is 0.163 e. The Morgan fingerprint density at radius 3 is 3.05 bits per heavy atom. The average molecular weight is 258 g/mol. The normalized spacial score (nSPS) is 11.1. The molecular formula is C11H14N8. The lowest BCUT2D eigenvalue weighted by molar-refractivity contribution is 0.707. The topological polar surface area (TPSA) is 86.3 Å². The SMILES string of the molecule is CCn1cnnc1CNc1ncnc2c1cnn2C. The number of nitrogens with one attached hydrogen (secondary N) is 1. The number of anilines is 1. The molecule has 8 nitrogen and oxygen atoms in total. The number of nitrogens with zero attached hydrogens (tertiary/aromatic N) is 7. The van der Waals surface area contributed by atoms with Gasteiger partial charge in [-0.3, -0.25) is 4.68 Å². The third-order valence-corrected chi connectivity index (χ3v) is 2.98. The van der Waals surface area contributed by atoms with Gasteiger partial charge in [0.15, 0.2) is 11.5 Å². The molecule has 0 radical (unpaired) electrons. The van der Waals surface area contributed by atoms with Crippen LogP contribution in [0, 0.1) is 0 Å². The molecule has 19 heavy (non-hydrogen) atoms. The summed E-state index contributed by atoms with van der Waals surface area (Å²) in [4.78, 5) is 8.44. The van der Waals surface area contributed by atoms with E-state index in [-0.39, 0.29) is 0 Å². The fourth-order valence-electron chi connectivity index (χ4n) is 1.95. The molecule has 0 amide bonds. The van der Waals surface area contributed by atoms with E-state index in [0.717, 1.165) is 29.2 Å². The van der Waals surface area contributed by atoms with Gasteiger partial charge in [-0.05, 0) is 6.92 Å². The summed E-state index contributed by atoms with van der Waals surface area (Å²) >= 11 is 0. The van der Waals surface area contributed by atoms with Crippen LogP contribution in [0.15, 0.2) is 18.9 Å². The summed E-state index contributed by atoms with van der Waals surface area (Å²) in [5.41, 5.74) is 0.800. The molecule has 0 saturated heterocycles. The van der Waals surface area contributed by atoms with Gasteiger partial charge in [0.2, 0.25) is 0 Å². The Morgan fingerprint density at radius 2 is 2.21 bits per heavy atom. The number of aromatic nitrogens is 7. The van der Waals surface area contributed by atoms with E-state index in [4.69, 9.17) is 0 Å². The second kappa shape index (κ2) is 4.63. The minimum absolute atomic E-state index is 0.564. The van der Waals surface area contributed by atoms with Gasteiger partial charge in [-0.2, -0.15) is 5.10 Å². The average Bonchev–Trinajstić information content (AvgIpc) is 3.03. The molecule has 3 aromatic rings. The maximum Gasteiger partial charge on any atom is 0.163 e. The summed E-state index contributed by atoms with van der Waals surface area (Å²) in [5.74, 6) is 1.63. The predicted molar refractivity (Wildman–Crippen MR) is 69.3 cm³/mol. The van der Waals surface area contributed by atoms with E-state index in [1.165, 1.54) is 6.33 Å². The van der Waals surface area contributed by atoms with Crippen LogP contribution >= 0.6 is 0 Å². The zero-order valence-corrected chi connectivity index (χ0v) is 10.8. The van der Waals surface area contributed by atoms with Crippen LogP contribution in [0.4, 0.5) is 5.82 Å². The van der Waals surface area contributed by atoms with Gasteiger partial charge in [-0.1, -0.05) is 0 Å². The first-order valence-electron chi connectivity index (χ1n) is 6.03. The van der Waals surface area contributed by atoms with Crippen molar-refractivity contribution in [3.05, 3.63) is 24.7 Å². The zero-order chi connectivity index (χ0) is 13.2. The first-order chi connectivity index (χ1) is 9.29. The summed E-state index contributed by atoms with van der Waals surface area (Å²) in [6, 6.07) is 0. The maximum absolute atomic E-state index is 4.24. The van der Waals surface area contributed by atoms with Crippen molar-refractivity contribution in [2.75, 3.05) is 5.32 Å². The van der Waals surface area contributed by atoms with Crippen LogP contribution in [0.3, 0.4) is 0 Å². The van der Waals surface area contributed by atoms with Crippen molar-refractivity contribution < 1.29 is 0 Å².